The lowest BCUT2D eigenvalue weighted by Gasteiger charge is -2.42. The van der Waals surface area contributed by atoms with Crippen LogP contribution in [0.2, 0.25) is 5.02 Å². The Morgan fingerprint density at radius 3 is 2.62 bits per heavy atom. The number of rotatable bonds is 5. The van der Waals surface area contributed by atoms with Crippen LogP contribution in [0.5, 0.6) is 0 Å². The number of halogens is 1. The maximum atomic E-state index is 6.43. The Morgan fingerprint density at radius 1 is 1.33 bits per heavy atom. The van der Waals surface area contributed by atoms with Gasteiger partial charge in [-0.2, -0.15) is 5.10 Å². The van der Waals surface area contributed by atoms with E-state index in [1.54, 1.807) is 0 Å². The minimum Gasteiger partial charge on any atom is -0.312 e. The van der Waals surface area contributed by atoms with Crippen LogP contribution in [0.4, 0.5) is 0 Å². The molecule has 6 heteroatoms. The summed E-state index contributed by atoms with van der Waals surface area (Å²) in [5.74, 6) is 0. The molecule has 2 unspecified atom stereocenters. The molecule has 2 heterocycles. The Morgan fingerprint density at radius 2 is 2.05 bits per heavy atom. The molecule has 2 atom stereocenters. The molecule has 1 aliphatic rings. The summed E-state index contributed by atoms with van der Waals surface area (Å²) in [7, 11) is 6.40. The summed E-state index contributed by atoms with van der Waals surface area (Å²) < 4.78 is 1.93. The number of nitrogens with zero attached hydrogens (tertiary/aromatic N) is 4. The third kappa shape index (κ3) is 3.77. The van der Waals surface area contributed by atoms with Crippen LogP contribution in [-0.4, -0.2) is 71.9 Å². The molecular weight excluding hydrogens is 286 g/mol. The third-order valence-corrected chi connectivity index (χ3v) is 5.00. The van der Waals surface area contributed by atoms with Gasteiger partial charge in [-0.05, 0) is 27.6 Å². The lowest BCUT2D eigenvalue weighted by Crippen LogP contribution is -2.59. The number of hydrogen-bond acceptors (Lipinski definition) is 4. The van der Waals surface area contributed by atoms with Crippen molar-refractivity contribution in [2.45, 2.75) is 32.4 Å². The molecular formula is C15H28ClN5. The predicted molar refractivity (Wildman–Crippen MR) is 88.0 cm³/mol. The van der Waals surface area contributed by atoms with Gasteiger partial charge in [-0.25, -0.2) is 0 Å². The lowest BCUT2D eigenvalue weighted by atomic mass is 9.99. The molecule has 0 radical (unpaired) electrons. The maximum absolute atomic E-state index is 6.43. The topological polar surface area (TPSA) is 36.3 Å². The van der Waals surface area contributed by atoms with E-state index in [0.29, 0.717) is 12.1 Å². The van der Waals surface area contributed by atoms with Crippen molar-refractivity contribution in [1.29, 1.82) is 0 Å². The molecule has 1 aromatic rings. The van der Waals surface area contributed by atoms with Gasteiger partial charge in [0.25, 0.3) is 0 Å². The molecule has 5 nitrogen and oxygen atoms in total. The van der Waals surface area contributed by atoms with Crippen LogP contribution in [-0.2, 0) is 13.5 Å². The highest BCUT2D eigenvalue weighted by molar-refractivity contribution is 6.31. The summed E-state index contributed by atoms with van der Waals surface area (Å²) in [4.78, 5) is 4.87. The second-order valence-electron chi connectivity index (χ2n) is 6.15. The van der Waals surface area contributed by atoms with Crippen molar-refractivity contribution in [3.63, 3.8) is 0 Å². The lowest BCUT2D eigenvalue weighted by molar-refractivity contribution is 0.0876. The molecule has 1 N–H and O–H groups in total. The van der Waals surface area contributed by atoms with E-state index in [4.69, 9.17) is 11.6 Å². The van der Waals surface area contributed by atoms with E-state index in [1.165, 1.54) is 0 Å². The second kappa shape index (κ2) is 7.09. The van der Waals surface area contributed by atoms with Gasteiger partial charge in [0, 0.05) is 45.2 Å². The van der Waals surface area contributed by atoms with Crippen LogP contribution in [0.15, 0.2) is 0 Å². The number of aromatic nitrogens is 2. The first-order valence-corrected chi connectivity index (χ1v) is 8.12. The Balaban J connectivity index is 2.18. The molecule has 0 spiro atoms. The Bertz CT molecular complexity index is 473. The quantitative estimate of drug-likeness (QED) is 0.885. The minimum atomic E-state index is 0.384. The fourth-order valence-electron chi connectivity index (χ4n) is 3.20. The normalized spacial score (nSPS) is 22.7. The summed E-state index contributed by atoms with van der Waals surface area (Å²) in [5, 5.41) is 8.90. The average molecular weight is 314 g/mol. The number of aryl methyl sites for hydroxylation is 2. The molecule has 1 aliphatic heterocycles. The van der Waals surface area contributed by atoms with Gasteiger partial charge in [-0.1, -0.05) is 18.5 Å². The smallest absolute Gasteiger partial charge is 0.0847 e. The molecule has 1 fully saturated rings. The zero-order chi connectivity index (χ0) is 15.6. The fourth-order valence-corrected chi connectivity index (χ4v) is 3.43. The first kappa shape index (κ1) is 16.7. The summed E-state index contributed by atoms with van der Waals surface area (Å²) in [6, 6.07) is 0.880. The van der Waals surface area contributed by atoms with E-state index in [2.05, 4.69) is 41.2 Å². The number of piperazine rings is 1. The Labute approximate surface area is 133 Å². The second-order valence-corrected chi connectivity index (χ2v) is 6.53. The van der Waals surface area contributed by atoms with E-state index in [9.17, 15) is 0 Å². The highest BCUT2D eigenvalue weighted by atomic mass is 35.5. The Kier molecular flexibility index (Phi) is 5.66. The summed E-state index contributed by atoms with van der Waals surface area (Å²) >= 11 is 6.43. The summed E-state index contributed by atoms with van der Waals surface area (Å²) in [6.07, 6.45) is 0.910. The van der Waals surface area contributed by atoms with Crippen molar-refractivity contribution >= 4 is 11.6 Å². The molecule has 0 amide bonds. The van der Waals surface area contributed by atoms with Crippen molar-refractivity contribution in [2.24, 2.45) is 7.05 Å². The molecule has 0 saturated carbocycles. The molecule has 0 bridgehead atoms. The van der Waals surface area contributed by atoms with Crippen molar-refractivity contribution < 1.29 is 0 Å². The molecule has 0 aliphatic carbocycles. The standard InChI is InChI=1S/C15H28ClN5/c1-6-17-12(14-10-19(3)7-8-20(14)4)9-13-15(16)11(2)18-21(13)5/h12,14,17H,6-10H2,1-5H3. The van der Waals surface area contributed by atoms with Gasteiger partial charge in [-0.15, -0.1) is 0 Å². The first-order chi connectivity index (χ1) is 9.93. The number of hydrogen-bond donors (Lipinski definition) is 1. The molecule has 120 valence electrons. The van der Waals surface area contributed by atoms with Crippen LogP contribution >= 0.6 is 11.6 Å². The van der Waals surface area contributed by atoms with E-state index in [-0.39, 0.29) is 0 Å². The maximum Gasteiger partial charge on any atom is 0.0847 e. The monoisotopic (exact) mass is 313 g/mol. The first-order valence-electron chi connectivity index (χ1n) is 7.74. The Hall–Kier alpha value is -0.620. The SMILES string of the molecule is CCNC(Cc1c(Cl)c(C)nn1C)C1CN(C)CCN1C. The van der Waals surface area contributed by atoms with E-state index >= 15 is 0 Å². The van der Waals surface area contributed by atoms with Gasteiger partial charge in [-0.3, -0.25) is 9.58 Å². The van der Waals surface area contributed by atoms with Gasteiger partial charge >= 0.3 is 0 Å². The van der Waals surface area contributed by atoms with Crippen LogP contribution in [0, 0.1) is 6.92 Å². The predicted octanol–water partition coefficient (Wildman–Crippen LogP) is 1.15. The van der Waals surface area contributed by atoms with Gasteiger partial charge < -0.3 is 10.2 Å². The molecule has 1 saturated heterocycles. The summed E-state index contributed by atoms with van der Waals surface area (Å²) in [6.45, 7) is 8.43. The fraction of sp³-hybridized carbons (Fsp3) is 0.800. The third-order valence-electron chi connectivity index (χ3n) is 4.50. The van der Waals surface area contributed by atoms with Crippen LogP contribution < -0.4 is 5.32 Å². The van der Waals surface area contributed by atoms with E-state index in [0.717, 1.165) is 49.0 Å². The van der Waals surface area contributed by atoms with Crippen molar-refractivity contribution in [3.05, 3.63) is 16.4 Å². The van der Waals surface area contributed by atoms with Crippen molar-refractivity contribution in [3.8, 4) is 0 Å². The largest absolute Gasteiger partial charge is 0.312 e. The van der Waals surface area contributed by atoms with Gasteiger partial charge in [0.1, 0.15) is 0 Å². The van der Waals surface area contributed by atoms with E-state index in [1.807, 2.05) is 18.7 Å². The zero-order valence-electron chi connectivity index (χ0n) is 13.9. The van der Waals surface area contributed by atoms with Gasteiger partial charge in [0.05, 0.1) is 16.4 Å². The van der Waals surface area contributed by atoms with E-state index < -0.39 is 0 Å². The van der Waals surface area contributed by atoms with Crippen molar-refractivity contribution in [1.82, 2.24) is 24.9 Å². The molecule has 21 heavy (non-hydrogen) atoms. The van der Waals surface area contributed by atoms with Crippen molar-refractivity contribution in [2.75, 3.05) is 40.3 Å². The van der Waals surface area contributed by atoms with Gasteiger partial charge in [0.15, 0.2) is 0 Å². The molecule has 0 aromatic carbocycles. The number of nitrogens with one attached hydrogen (secondary N) is 1. The highest BCUT2D eigenvalue weighted by Crippen LogP contribution is 2.23. The number of likely N-dealkylation sites (N-methyl/N-ethyl adjacent to an activating group) is 3. The van der Waals surface area contributed by atoms with Crippen LogP contribution in [0.25, 0.3) is 0 Å². The minimum absolute atomic E-state index is 0.384. The highest BCUT2D eigenvalue weighted by Gasteiger charge is 2.30. The molecule has 1 aromatic heterocycles. The van der Waals surface area contributed by atoms with Crippen LogP contribution in [0.1, 0.15) is 18.3 Å². The summed E-state index contributed by atoms with van der Waals surface area (Å²) in [5.41, 5.74) is 2.04. The average Bonchev–Trinajstić information content (AvgIpc) is 2.67. The van der Waals surface area contributed by atoms with Gasteiger partial charge in [0.2, 0.25) is 0 Å². The molecule has 2 rings (SSSR count). The zero-order valence-corrected chi connectivity index (χ0v) is 14.6. The van der Waals surface area contributed by atoms with Crippen LogP contribution in [0.3, 0.4) is 0 Å².